The second-order valence-corrected chi connectivity index (χ2v) is 5.37. The maximum Gasteiger partial charge on any atom is 0.130 e. The number of fused-ring (bicyclic) bond motifs is 1. The van der Waals surface area contributed by atoms with Gasteiger partial charge in [0, 0.05) is 21.8 Å². The molecule has 0 radical (unpaired) electrons. The van der Waals surface area contributed by atoms with E-state index in [2.05, 4.69) is 27.5 Å². The lowest BCUT2D eigenvalue weighted by molar-refractivity contribution is 0.624. The molecule has 1 aromatic heterocycles. The molecular formula is C16H11BrFN. The van der Waals surface area contributed by atoms with E-state index in [1.165, 1.54) is 6.07 Å². The molecule has 3 rings (SSSR count). The summed E-state index contributed by atoms with van der Waals surface area (Å²) in [6, 6.07) is 7.20. The Balaban J connectivity index is 2.12. The molecule has 1 aromatic carbocycles. The van der Waals surface area contributed by atoms with E-state index in [1.807, 2.05) is 18.2 Å². The van der Waals surface area contributed by atoms with Crippen molar-refractivity contribution in [3.05, 3.63) is 69.7 Å². The first-order chi connectivity index (χ1) is 9.19. The predicted octanol–water partition coefficient (Wildman–Crippen LogP) is 4.72. The predicted molar refractivity (Wildman–Crippen MR) is 80.0 cm³/mol. The first-order valence-corrected chi connectivity index (χ1v) is 6.74. The molecule has 0 amide bonds. The maximum absolute atomic E-state index is 13.8. The van der Waals surface area contributed by atoms with Gasteiger partial charge < -0.3 is 0 Å². The fourth-order valence-electron chi connectivity index (χ4n) is 2.37. The number of aromatic nitrogens is 1. The van der Waals surface area contributed by atoms with Crippen LogP contribution in [0.3, 0.4) is 0 Å². The number of nitrogens with zero attached hydrogens (tertiary/aromatic N) is 1. The molecule has 0 fully saturated rings. The van der Waals surface area contributed by atoms with Gasteiger partial charge in [0.2, 0.25) is 0 Å². The molecular weight excluding hydrogens is 305 g/mol. The molecule has 0 atom stereocenters. The van der Waals surface area contributed by atoms with Gasteiger partial charge in [-0.15, -0.1) is 0 Å². The van der Waals surface area contributed by atoms with Crippen molar-refractivity contribution in [3.8, 4) is 0 Å². The van der Waals surface area contributed by atoms with Gasteiger partial charge in [0.25, 0.3) is 0 Å². The van der Waals surface area contributed by atoms with Crippen LogP contribution in [-0.4, -0.2) is 4.98 Å². The van der Waals surface area contributed by atoms with Crippen molar-refractivity contribution in [1.29, 1.82) is 0 Å². The highest BCUT2D eigenvalue weighted by atomic mass is 79.9. The van der Waals surface area contributed by atoms with Crippen LogP contribution in [0, 0.1) is 5.82 Å². The molecule has 0 saturated carbocycles. The summed E-state index contributed by atoms with van der Waals surface area (Å²) in [7, 11) is 0. The second kappa shape index (κ2) is 4.74. The standard InChI is InChI=1S/C16H11BrFN/c1-2-16-14(8-12(17)9-19-16)11-6-10-4-3-5-15(18)13(10)7-11/h2-5,7-9H,1,6H2. The van der Waals surface area contributed by atoms with Crippen LogP contribution in [0.2, 0.25) is 0 Å². The van der Waals surface area contributed by atoms with Gasteiger partial charge in [-0.05, 0) is 57.8 Å². The Morgan fingerprint density at radius 3 is 2.95 bits per heavy atom. The average molecular weight is 316 g/mol. The lowest BCUT2D eigenvalue weighted by Gasteiger charge is -2.07. The van der Waals surface area contributed by atoms with E-state index < -0.39 is 0 Å². The van der Waals surface area contributed by atoms with Crippen molar-refractivity contribution >= 4 is 33.7 Å². The zero-order valence-corrected chi connectivity index (χ0v) is 11.7. The highest BCUT2D eigenvalue weighted by Crippen LogP contribution is 2.35. The van der Waals surface area contributed by atoms with Gasteiger partial charge in [0.05, 0.1) is 5.69 Å². The van der Waals surface area contributed by atoms with Crippen molar-refractivity contribution < 1.29 is 4.39 Å². The Morgan fingerprint density at radius 2 is 2.21 bits per heavy atom. The molecule has 1 heterocycles. The van der Waals surface area contributed by atoms with Gasteiger partial charge in [0.15, 0.2) is 0 Å². The molecule has 0 spiro atoms. The van der Waals surface area contributed by atoms with E-state index in [4.69, 9.17) is 0 Å². The minimum Gasteiger partial charge on any atom is -0.255 e. The van der Waals surface area contributed by atoms with Crippen LogP contribution in [0.25, 0.3) is 17.7 Å². The van der Waals surface area contributed by atoms with Gasteiger partial charge in [-0.1, -0.05) is 18.7 Å². The van der Waals surface area contributed by atoms with Crippen LogP contribution < -0.4 is 0 Å². The van der Waals surface area contributed by atoms with Crippen LogP contribution in [-0.2, 0) is 6.42 Å². The van der Waals surface area contributed by atoms with Crippen LogP contribution in [0.1, 0.15) is 22.4 Å². The van der Waals surface area contributed by atoms with Crippen molar-refractivity contribution in [2.45, 2.75) is 6.42 Å². The molecule has 94 valence electrons. The van der Waals surface area contributed by atoms with Gasteiger partial charge in [0.1, 0.15) is 5.82 Å². The average Bonchev–Trinajstić information content (AvgIpc) is 2.84. The van der Waals surface area contributed by atoms with Crippen molar-refractivity contribution in [2.24, 2.45) is 0 Å². The van der Waals surface area contributed by atoms with E-state index >= 15 is 0 Å². The number of rotatable bonds is 2. The highest BCUT2D eigenvalue weighted by Gasteiger charge is 2.19. The highest BCUT2D eigenvalue weighted by molar-refractivity contribution is 9.10. The second-order valence-electron chi connectivity index (χ2n) is 4.45. The molecule has 0 unspecified atom stereocenters. The molecule has 19 heavy (non-hydrogen) atoms. The van der Waals surface area contributed by atoms with Crippen molar-refractivity contribution in [1.82, 2.24) is 4.98 Å². The Labute approximate surface area is 119 Å². The molecule has 0 aliphatic heterocycles. The summed E-state index contributed by atoms with van der Waals surface area (Å²) in [5.74, 6) is -0.171. The summed E-state index contributed by atoms with van der Waals surface area (Å²) in [5.41, 5.74) is 4.60. The number of benzene rings is 1. The summed E-state index contributed by atoms with van der Waals surface area (Å²) >= 11 is 3.42. The molecule has 0 N–H and O–H groups in total. The fraction of sp³-hybridized carbons (Fsp3) is 0.0625. The third-order valence-corrected chi connectivity index (χ3v) is 3.70. The number of hydrogen-bond donors (Lipinski definition) is 0. The Kier molecular flexibility index (Phi) is 3.07. The van der Waals surface area contributed by atoms with Gasteiger partial charge in [-0.25, -0.2) is 4.39 Å². The van der Waals surface area contributed by atoms with Crippen LogP contribution in [0.4, 0.5) is 4.39 Å². The first-order valence-electron chi connectivity index (χ1n) is 5.95. The minimum atomic E-state index is -0.171. The largest absolute Gasteiger partial charge is 0.255 e. The Morgan fingerprint density at radius 1 is 1.37 bits per heavy atom. The third kappa shape index (κ3) is 2.15. The summed E-state index contributed by atoms with van der Waals surface area (Å²) in [5, 5.41) is 0. The van der Waals surface area contributed by atoms with Crippen LogP contribution in [0.15, 0.2) is 41.5 Å². The van der Waals surface area contributed by atoms with Gasteiger partial charge >= 0.3 is 0 Å². The number of halogens is 2. The van der Waals surface area contributed by atoms with E-state index in [-0.39, 0.29) is 5.82 Å². The van der Waals surface area contributed by atoms with Gasteiger partial charge in [-0.3, -0.25) is 4.98 Å². The SMILES string of the molecule is C=Cc1ncc(Br)cc1C1=Cc2c(F)cccc2C1. The minimum absolute atomic E-state index is 0.171. The molecule has 0 bridgehead atoms. The summed E-state index contributed by atoms with van der Waals surface area (Å²) in [6.07, 6.45) is 6.10. The third-order valence-electron chi connectivity index (χ3n) is 3.27. The van der Waals surface area contributed by atoms with E-state index in [1.54, 1.807) is 18.3 Å². The summed E-state index contributed by atoms with van der Waals surface area (Å²) in [4.78, 5) is 4.33. The van der Waals surface area contributed by atoms with Crippen LogP contribution in [0.5, 0.6) is 0 Å². The Hall–Kier alpha value is -1.74. The van der Waals surface area contributed by atoms with E-state index in [9.17, 15) is 4.39 Å². The number of allylic oxidation sites excluding steroid dienone is 1. The maximum atomic E-state index is 13.8. The quantitative estimate of drug-likeness (QED) is 0.781. The zero-order chi connectivity index (χ0) is 13.4. The normalized spacial score (nSPS) is 13.1. The first kappa shape index (κ1) is 12.3. The van der Waals surface area contributed by atoms with Crippen molar-refractivity contribution in [2.75, 3.05) is 0 Å². The lowest BCUT2D eigenvalue weighted by atomic mass is 10.0. The van der Waals surface area contributed by atoms with Crippen molar-refractivity contribution in [3.63, 3.8) is 0 Å². The number of pyridine rings is 1. The molecule has 1 nitrogen and oxygen atoms in total. The summed E-state index contributed by atoms with van der Waals surface area (Å²) < 4.78 is 14.7. The topological polar surface area (TPSA) is 12.9 Å². The smallest absolute Gasteiger partial charge is 0.130 e. The summed E-state index contributed by atoms with van der Waals surface area (Å²) in [6.45, 7) is 3.78. The lowest BCUT2D eigenvalue weighted by Crippen LogP contribution is -1.93. The number of hydrogen-bond acceptors (Lipinski definition) is 1. The molecule has 1 aliphatic carbocycles. The molecule has 3 heteroatoms. The van der Waals surface area contributed by atoms with Gasteiger partial charge in [-0.2, -0.15) is 0 Å². The Bertz CT molecular complexity index is 704. The zero-order valence-electron chi connectivity index (χ0n) is 10.2. The fourth-order valence-corrected chi connectivity index (χ4v) is 2.70. The molecule has 2 aromatic rings. The molecule has 0 saturated heterocycles. The van der Waals surface area contributed by atoms with E-state index in [0.717, 1.165) is 33.3 Å². The van der Waals surface area contributed by atoms with Crippen LogP contribution >= 0.6 is 15.9 Å². The molecule has 1 aliphatic rings. The van der Waals surface area contributed by atoms with E-state index in [0.29, 0.717) is 5.56 Å². The monoisotopic (exact) mass is 315 g/mol.